The molecule has 0 fully saturated rings. The van der Waals surface area contributed by atoms with Crippen molar-refractivity contribution in [3.63, 3.8) is 0 Å². The van der Waals surface area contributed by atoms with Crippen LogP contribution in [0.15, 0.2) is 59.7 Å². The van der Waals surface area contributed by atoms with Crippen LogP contribution in [-0.2, 0) is 0 Å². The number of rotatable bonds is 7. The van der Waals surface area contributed by atoms with Crippen molar-refractivity contribution < 1.29 is 19.1 Å². The van der Waals surface area contributed by atoms with Crippen molar-refractivity contribution in [1.82, 2.24) is 5.43 Å². The van der Waals surface area contributed by atoms with E-state index in [-0.39, 0.29) is 5.91 Å². The van der Waals surface area contributed by atoms with E-state index in [4.69, 9.17) is 9.47 Å². The van der Waals surface area contributed by atoms with Gasteiger partial charge in [0.25, 0.3) is 11.8 Å². The smallest absolute Gasteiger partial charge is 0.273 e. The quantitative estimate of drug-likeness (QED) is 0.245. The molecule has 0 spiro atoms. The van der Waals surface area contributed by atoms with Gasteiger partial charge in [0.2, 0.25) is 0 Å². The largest absolute Gasteiger partial charge is 0.493 e. The number of benzene rings is 3. The average molecular weight is 557 g/mol. The first kappa shape index (κ1) is 24.2. The zero-order valence-corrected chi connectivity index (χ0v) is 20.9. The molecular weight excluding hydrogens is 533 g/mol. The van der Waals surface area contributed by atoms with Gasteiger partial charge in [0.15, 0.2) is 11.5 Å². The summed E-state index contributed by atoms with van der Waals surface area (Å²) in [6.45, 7) is 4.05. The molecule has 170 valence electrons. The number of methoxy groups -OCH3 is 2. The molecule has 0 aliphatic carbocycles. The third kappa shape index (κ3) is 6.10. The van der Waals surface area contributed by atoms with Crippen LogP contribution in [-0.4, -0.2) is 32.2 Å². The van der Waals surface area contributed by atoms with Crippen LogP contribution in [0.25, 0.3) is 0 Å². The molecule has 3 rings (SSSR count). The molecule has 2 N–H and O–H groups in total. The minimum absolute atomic E-state index is 0.299. The van der Waals surface area contributed by atoms with E-state index in [1.165, 1.54) is 19.8 Å². The van der Waals surface area contributed by atoms with Crippen molar-refractivity contribution in [1.29, 1.82) is 0 Å². The number of halogens is 1. The number of nitrogens with zero attached hydrogens (tertiary/aromatic N) is 1. The fraction of sp³-hybridized carbons (Fsp3) is 0.160. The lowest BCUT2D eigenvalue weighted by Gasteiger charge is -2.12. The molecule has 0 radical (unpaired) electrons. The van der Waals surface area contributed by atoms with Crippen LogP contribution in [0, 0.1) is 17.4 Å². The maximum atomic E-state index is 12.8. The molecular formula is C25H24IN3O4. The van der Waals surface area contributed by atoms with Crippen LogP contribution in [0.1, 0.15) is 37.4 Å². The van der Waals surface area contributed by atoms with E-state index in [1.54, 1.807) is 42.6 Å². The second-order valence-corrected chi connectivity index (χ2v) is 8.50. The number of nitrogens with one attached hydrogen (secondary N) is 2. The van der Waals surface area contributed by atoms with E-state index in [1.807, 2.05) is 32.0 Å². The number of hydrogen-bond donors (Lipinski definition) is 2. The molecule has 0 heterocycles. The Morgan fingerprint density at radius 3 is 2.33 bits per heavy atom. The zero-order chi connectivity index (χ0) is 24.0. The summed E-state index contributed by atoms with van der Waals surface area (Å²) in [5, 5.41) is 6.86. The monoisotopic (exact) mass is 557 g/mol. The molecule has 0 unspecified atom stereocenters. The van der Waals surface area contributed by atoms with E-state index < -0.39 is 5.91 Å². The van der Waals surface area contributed by atoms with Gasteiger partial charge >= 0.3 is 0 Å². The minimum atomic E-state index is -0.434. The van der Waals surface area contributed by atoms with Crippen LogP contribution in [0.4, 0.5) is 5.69 Å². The third-order valence-electron chi connectivity index (χ3n) is 5.03. The summed E-state index contributed by atoms with van der Waals surface area (Å²) in [6.07, 6.45) is 1.58. The number of carbonyl (C=O) groups excluding carboxylic acids is 2. The van der Waals surface area contributed by atoms with Crippen molar-refractivity contribution in [3.8, 4) is 11.5 Å². The Hall–Kier alpha value is -3.40. The number of aryl methyl sites for hydroxylation is 2. The van der Waals surface area contributed by atoms with Crippen molar-refractivity contribution >= 4 is 46.3 Å². The van der Waals surface area contributed by atoms with E-state index >= 15 is 0 Å². The average Bonchev–Trinajstić information content (AvgIpc) is 2.81. The van der Waals surface area contributed by atoms with Crippen LogP contribution in [0.5, 0.6) is 11.5 Å². The van der Waals surface area contributed by atoms with Gasteiger partial charge in [-0.1, -0.05) is 18.2 Å². The lowest BCUT2D eigenvalue weighted by atomic mass is 10.1. The molecule has 0 bridgehead atoms. The van der Waals surface area contributed by atoms with Crippen LogP contribution >= 0.6 is 22.6 Å². The lowest BCUT2D eigenvalue weighted by Crippen LogP contribution is -2.21. The number of amides is 2. The highest BCUT2D eigenvalue weighted by atomic mass is 127. The van der Waals surface area contributed by atoms with Crippen molar-refractivity contribution in [2.45, 2.75) is 13.8 Å². The summed E-state index contributed by atoms with van der Waals surface area (Å²) >= 11 is 2.11. The van der Waals surface area contributed by atoms with Gasteiger partial charge in [-0.2, -0.15) is 5.10 Å². The maximum absolute atomic E-state index is 12.8. The molecule has 0 saturated carbocycles. The molecule has 2 amide bonds. The minimum Gasteiger partial charge on any atom is -0.493 e. The Balaban J connectivity index is 1.78. The van der Waals surface area contributed by atoms with Crippen LogP contribution in [0.2, 0.25) is 0 Å². The Kier molecular flexibility index (Phi) is 8.05. The Bertz CT molecular complexity index is 1220. The summed E-state index contributed by atoms with van der Waals surface area (Å²) in [6, 6.07) is 15.9. The molecule has 0 aliphatic heterocycles. The van der Waals surface area contributed by atoms with Gasteiger partial charge in [-0.15, -0.1) is 0 Å². The summed E-state index contributed by atoms with van der Waals surface area (Å²) in [5.41, 5.74) is 6.77. The second-order valence-electron chi connectivity index (χ2n) is 7.26. The molecule has 3 aromatic rings. The van der Waals surface area contributed by atoms with Crippen LogP contribution < -0.4 is 20.2 Å². The summed E-state index contributed by atoms with van der Waals surface area (Å²) in [4.78, 5) is 25.6. The first-order valence-electron chi connectivity index (χ1n) is 10.1. The van der Waals surface area contributed by atoms with Gasteiger partial charge in [-0.25, -0.2) is 5.43 Å². The van der Waals surface area contributed by atoms with E-state index in [0.29, 0.717) is 28.3 Å². The summed E-state index contributed by atoms with van der Waals surface area (Å²) in [7, 11) is 3.02. The number of carbonyl (C=O) groups is 2. The highest BCUT2D eigenvalue weighted by Crippen LogP contribution is 2.28. The lowest BCUT2D eigenvalue weighted by molar-refractivity contribution is 0.0956. The topological polar surface area (TPSA) is 89.0 Å². The molecule has 3 aromatic carbocycles. The van der Waals surface area contributed by atoms with Gasteiger partial charge in [0.05, 0.1) is 31.7 Å². The molecule has 0 aliphatic rings. The molecule has 0 aromatic heterocycles. The van der Waals surface area contributed by atoms with Gasteiger partial charge in [-0.05, 0) is 89.5 Å². The predicted molar refractivity (Wildman–Crippen MR) is 138 cm³/mol. The Morgan fingerprint density at radius 1 is 0.879 bits per heavy atom. The molecule has 33 heavy (non-hydrogen) atoms. The summed E-state index contributed by atoms with van der Waals surface area (Å²) in [5.74, 6) is 0.137. The van der Waals surface area contributed by atoms with Gasteiger partial charge in [-0.3, -0.25) is 9.59 Å². The highest BCUT2D eigenvalue weighted by molar-refractivity contribution is 14.1. The van der Waals surface area contributed by atoms with Crippen molar-refractivity contribution in [2.24, 2.45) is 5.10 Å². The predicted octanol–water partition coefficient (Wildman–Crippen LogP) is 4.94. The SMILES string of the molecule is COc1ccc(C(=O)Nc2ccc(I)cc2C(=O)NN=Cc2ccc(C)c(C)c2)cc1OC. The van der Waals surface area contributed by atoms with Crippen molar-refractivity contribution in [3.05, 3.63) is 86.0 Å². The fourth-order valence-electron chi connectivity index (χ4n) is 3.06. The van der Waals surface area contributed by atoms with E-state index in [9.17, 15) is 9.59 Å². The first-order chi connectivity index (χ1) is 15.8. The van der Waals surface area contributed by atoms with Crippen LogP contribution in [0.3, 0.4) is 0 Å². The standard InChI is InChI=1S/C25H24IN3O4/c1-15-5-6-17(11-16(15)2)14-27-29-25(31)20-13-19(26)8-9-21(20)28-24(30)18-7-10-22(32-3)23(12-18)33-4/h5-14H,1-4H3,(H,28,30)(H,29,31). The van der Waals surface area contributed by atoms with E-state index in [0.717, 1.165) is 14.7 Å². The molecule has 0 atom stereocenters. The summed E-state index contributed by atoms with van der Waals surface area (Å²) < 4.78 is 11.3. The number of ether oxygens (including phenoxy) is 2. The van der Waals surface area contributed by atoms with Gasteiger partial charge in [0.1, 0.15) is 0 Å². The zero-order valence-electron chi connectivity index (χ0n) is 18.7. The molecule has 8 heteroatoms. The molecule has 7 nitrogen and oxygen atoms in total. The third-order valence-corrected chi connectivity index (χ3v) is 5.70. The van der Waals surface area contributed by atoms with Gasteiger partial charge < -0.3 is 14.8 Å². The normalized spacial score (nSPS) is 10.7. The number of hydrazone groups is 1. The highest BCUT2D eigenvalue weighted by Gasteiger charge is 2.16. The number of hydrogen-bond acceptors (Lipinski definition) is 5. The second kappa shape index (κ2) is 11.0. The van der Waals surface area contributed by atoms with E-state index in [2.05, 4.69) is 38.4 Å². The number of anilines is 1. The fourth-order valence-corrected chi connectivity index (χ4v) is 3.55. The van der Waals surface area contributed by atoms with Gasteiger partial charge in [0, 0.05) is 9.13 Å². The van der Waals surface area contributed by atoms with Crippen molar-refractivity contribution in [2.75, 3.05) is 19.5 Å². The first-order valence-corrected chi connectivity index (χ1v) is 11.1. The molecule has 0 saturated heterocycles. The Morgan fingerprint density at radius 2 is 1.64 bits per heavy atom. The maximum Gasteiger partial charge on any atom is 0.273 e. The Labute approximate surface area is 206 Å².